The highest BCUT2D eigenvalue weighted by atomic mass is 16.7. The van der Waals surface area contributed by atoms with Crippen molar-refractivity contribution >= 4 is 12.2 Å². The minimum absolute atomic E-state index is 0.260. The van der Waals surface area contributed by atoms with Gasteiger partial charge in [0.25, 0.3) is 0 Å². The van der Waals surface area contributed by atoms with Crippen LogP contribution >= 0.6 is 0 Å². The molecule has 0 N–H and O–H groups in total. The van der Waals surface area contributed by atoms with Gasteiger partial charge in [0.05, 0.1) is 0 Å². The molecule has 2 aromatic carbocycles. The molecule has 0 aliphatic rings. The van der Waals surface area contributed by atoms with Crippen LogP contribution in [0.4, 0.5) is 0 Å². The highest BCUT2D eigenvalue weighted by Crippen LogP contribution is 2.20. The molecule has 0 saturated heterocycles. The van der Waals surface area contributed by atoms with Crippen molar-refractivity contribution in [1.29, 1.82) is 0 Å². The van der Waals surface area contributed by atoms with Crippen LogP contribution in [0.5, 0.6) is 5.75 Å². The van der Waals surface area contributed by atoms with E-state index in [1.54, 1.807) is 7.11 Å². The molecule has 0 fully saturated rings. The van der Waals surface area contributed by atoms with Crippen molar-refractivity contribution in [2.45, 2.75) is 0 Å². The van der Waals surface area contributed by atoms with Gasteiger partial charge >= 0.3 is 0 Å². The average molecular weight is 240 g/mol. The Labute approximate surface area is 107 Å². The molecule has 0 bridgehead atoms. The van der Waals surface area contributed by atoms with Crippen molar-refractivity contribution in [2.75, 3.05) is 13.9 Å². The zero-order chi connectivity index (χ0) is 12.6. The van der Waals surface area contributed by atoms with Crippen molar-refractivity contribution in [3.05, 3.63) is 65.7 Å². The summed E-state index contributed by atoms with van der Waals surface area (Å²) in [7, 11) is 1.61. The van der Waals surface area contributed by atoms with Gasteiger partial charge in [-0.3, -0.25) is 0 Å². The Morgan fingerprint density at radius 2 is 1.61 bits per heavy atom. The van der Waals surface area contributed by atoms with Crippen LogP contribution in [-0.2, 0) is 4.74 Å². The molecule has 0 amide bonds. The predicted molar refractivity (Wildman–Crippen MR) is 74.3 cm³/mol. The Kier molecular flexibility index (Phi) is 4.56. The van der Waals surface area contributed by atoms with Gasteiger partial charge in [0.2, 0.25) is 0 Å². The number of methoxy groups -OCH3 is 1. The Morgan fingerprint density at radius 3 is 2.39 bits per heavy atom. The number of hydrogen-bond donors (Lipinski definition) is 0. The summed E-state index contributed by atoms with van der Waals surface area (Å²) in [5.41, 5.74) is 2.21. The van der Waals surface area contributed by atoms with E-state index in [1.807, 2.05) is 48.5 Å². The summed E-state index contributed by atoms with van der Waals surface area (Å²) in [5.74, 6) is 0.825. The van der Waals surface area contributed by atoms with Crippen LogP contribution in [0.1, 0.15) is 11.1 Å². The lowest BCUT2D eigenvalue weighted by molar-refractivity contribution is 0.0510. The predicted octanol–water partition coefficient (Wildman–Crippen LogP) is 3.84. The smallest absolute Gasteiger partial charge is 0.188 e. The normalized spacial score (nSPS) is 10.7. The highest BCUT2D eigenvalue weighted by molar-refractivity contribution is 5.72. The zero-order valence-corrected chi connectivity index (χ0v) is 10.4. The second-order valence-corrected chi connectivity index (χ2v) is 3.83. The Bertz CT molecular complexity index is 504. The van der Waals surface area contributed by atoms with E-state index in [2.05, 4.69) is 18.2 Å². The molecule has 18 heavy (non-hydrogen) atoms. The molecule has 0 heterocycles. The largest absolute Gasteiger partial charge is 0.467 e. The van der Waals surface area contributed by atoms with E-state index < -0.39 is 0 Å². The SMILES string of the molecule is COCOc1ccccc1/C=C\c1ccccc1. The van der Waals surface area contributed by atoms with Crippen molar-refractivity contribution in [3.8, 4) is 5.75 Å². The molecule has 2 heteroatoms. The lowest BCUT2D eigenvalue weighted by atomic mass is 10.1. The molecule has 0 aliphatic heterocycles. The molecule has 2 nitrogen and oxygen atoms in total. The van der Waals surface area contributed by atoms with Crippen LogP contribution in [0.2, 0.25) is 0 Å². The van der Waals surface area contributed by atoms with Crippen LogP contribution in [-0.4, -0.2) is 13.9 Å². The third-order valence-corrected chi connectivity index (χ3v) is 2.51. The molecular formula is C16H16O2. The van der Waals surface area contributed by atoms with E-state index in [9.17, 15) is 0 Å². The summed E-state index contributed by atoms with van der Waals surface area (Å²) in [6, 6.07) is 18.1. The van der Waals surface area contributed by atoms with Gasteiger partial charge in [0, 0.05) is 12.7 Å². The molecule has 92 valence electrons. The molecular weight excluding hydrogens is 224 g/mol. The van der Waals surface area contributed by atoms with Gasteiger partial charge in [-0.05, 0) is 11.6 Å². The number of hydrogen-bond acceptors (Lipinski definition) is 2. The molecule has 2 rings (SSSR count). The molecule has 0 spiro atoms. The van der Waals surface area contributed by atoms with Crippen molar-refractivity contribution in [1.82, 2.24) is 0 Å². The van der Waals surface area contributed by atoms with Gasteiger partial charge in [0.1, 0.15) is 5.75 Å². The van der Waals surface area contributed by atoms with E-state index in [0.717, 1.165) is 11.3 Å². The van der Waals surface area contributed by atoms with Crippen molar-refractivity contribution in [2.24, 2.45) is 0 Å². The van der Waals surface area contributed by atoms with E-state index >= 15 is 0 Å². The number of para-hydroxylation sites is 1. The first-order valence-electron chi connectivity index (χ1n) is 5.84. The zero-order valence-electron chi connectivity index (χ0n) is 10.4. The van der Waals surface area contributed by atoms with Crippen LogP contribution in [0, 0.1) is 0 Å². The van der Waals surface area contributed by atoms with Crippen molar-refractivity contribution in [3.63, 3.8) is 0 Å². The van der Waals surface area contributed by atoms with Gasteiger partial charge in [-0.25, -0.2) is 0 Å². The molecule has 0 saturated carbocycles. The quantitative estimate of drug-likeness (QED) is 0.584. The van der Waals surface area contributed by atoms with E-state index in [-0.39, 0.29) is 6.79 Å². The van der Waals surface area contributed by atoms with E-state index in [1.165, 1.54) is 5.56 Å². The van der Waals surface area contributed by atoms with Gasteiger partial charge in [0.15, 0.2) is 6.79 Å². The van der Waals surface area contributed by atoms with Gasteiger partial charge in [-0.2, -0.15) is 0 Å². The maximum Gasteiger partial charge on any atom is 0.188 e. The van der Waals surface area contributed by atoms with Crippen LogP contribution < -0.4 is 4.74 Å². The van der Waals surface area contributed by atoms with Crippen LogP contribution in [0.3, 0.4) is 0 Å². The fourth-order valence-electron chi connectivity index (χ4n) is 1.62. The highest BCUT2D eigenvalue weighted by Gasteiger charge is 1.98. The molecule has 0 aromatic heterocycles. The van der Waals surface area contributed by atoms with Crippen LogP contribution in [0.25, 0.3) is 12.2 Å². The number of rotatable bonds is 5. The second kappa shape index (κ2) is 6.62. The molecule has 0 unspecified atom stereocenters. The number of benzene rings is 2. The standard InChI is InChI=1S/C16H16O2/c1-17-13-18-16-10-6-5-9-15(16)12-11-14-7-3-2-4-8-14/h2-12H,13H2,1H3/b12-11-. The monoisotopic (exact) mass is 240 g/mol. The van der Waals surface area contributed by atoms with Crippen LogP contribution in [0.15, 0.2) is 54.6 Å². The molecule has 0 atom stereocenters. The molecule has 0 radical (unpaired) electrons. The fraction of sp³-hybridized carbons (Fsp3) is 0.125. The lowest BCUT2D eigenvalue weighted by Crippen LogP contribution is -1.99. The summed E-state index contributed by atoms with van der Waals surface area (Å²) in [4.78, 5) is 0. The average Bonchev–Trinajstić information content (AvgIpc) is 2.45. The Morgan fingerprint density at radius 1 is 0.889 bits per heavy atom. The third-order valence-electron chi connectivity index (χ3n) is 2.51. The van der Waals surface area contributed by atoms with Gasteiger partial charge in [-0.15, -0.1) is 0 Å². The first kappa shape index (κ1) is 12.4. The summed E-state index contributed by atoms with van der Waals surface area (Å²) in [5, 5.41) is 0. The summed E-state index contributed by atoms with van der Waals surface area (Å²) < 4.78 is 10.4. The summed E-state index contributed by atoms with van der Waals surface area (Å²) in [6.07, 6.45) is 4.11. The summed E-state index contributed by atoms with van der Waals surface area (Å²) >= 11 is 0. The topological polar surface area (TPSA) is 18.5 Å². The minimum atomic E-state index is 0.260. The molecule has 2 aromatic rings. The Hall–Kier alpha value is -2.06. The third kappa shape index (κ3) is 3.47. The summed E-state index contributed by atoms with van der Waals surface area (Å²) in [6.45, 7) is 0.260. The van der Waals surface area contributed by atoms with E-state index in [4.69, 9.17) is 9.47 Å². The lowest BCUT2D eigenvalue weighted by Gasteiger charge is -2.07. The fourth-order valence-corrected chi connectivity index (χ4v) is 1.62. The second-order valence-electron chi connectivity index (χ2n) is 3.83. The number of ether oxygens (including phenoxy) is 2. The first-order chi connectivity index (χ1) is 8.90. The molecule has 0 aliphatic carbocycles. The van der Waals surface area contributed by atoms with Gasteiger partial charge < -0.3 is 9.47 Å². The van der Waals surface area contributed by atoms with E-state index in [0.29, 0.717) is 0 Å². The van der Waals surface area contributed by atoms with Gasteiger partial charge in [-0.1, -0.05) is 60.7 Å². The maximum absolute atomic E-state index is 5.50. The minimum Gasteiger partial charge on any atom is -0.467 e. The Balaban J connectivity index is 2.15. The first-order valence-corrected chi connectivity index (χ1v) is 5.84. The maximum atomic E-state index is 5.50. The van der Waals surface area contributed by atoms with Crippen molar-refractivity contribution < 1.29 is 9.47 Å².